The fraction of sp³-hybridized carbons (Fsp3) is 0.385. The van der Waals surface area contributed by atoms with Gasteiger partial charge in [-0.05, 0) is 75.4 Å². The van der Waals surface area contributed by atoms with Crippen molar-refractivity contribution >= 4 is 21.7 Å². The molecule has 0 unspecified atom stereocenters. The van der Waals surface area contributed by atoms with Gasteiger partial charge in [0, 0.05) is 24.6 Å². The van der Waals surface area contributed by atoms with Crippen LogP contribution >= 0.6 is 0 Å². The second kappa shape index (κ2) is 9.83. The van der Waals surface area contributed by atoms with Crippen LogP contribution in [0.3, 0.4) is 0 Å². The summed E-state index contributed by atoms with van der Waals surface area (Å²) in [5, 5.41) is 7.90. The highest BCUT2D eigenvalue weighted by molar-refractivity contribution is 7.89. The molecule has 2 aliphatic rings. The Hall–Kier alpha value is -3.17. The van der Waals surface area contributed by atoms with E-state index < -0.39 is 10.0 Å². The summed E-state index contributed by atoms with van der Waals surface area (Å²) in [5.74, 6) is 1.06. The molecule has 1 saturated heterocycles. The molecule has 2 heterocycles. The summed E-state index contributed by atoms with van der Waals surface area (Å²) < 4.78 is 34.9. The van der Waals surface area contributed by atoms with Crippen molar-refractivity contribution in [2.45, 2.75) is 43.9 Å². The average Bonchev–Trinajstić information content (AvgIpc) is 3.48. The molecule has 0 spiro atoms. The first-order valence-corrected chi connectivity index (χ1v) is 13.6. The zero-order valence-electron chi connectivity index (χ0n) is 19.8. The summed E-state index contributed by atoms with van der Waals surface area (Å²) in [5.41, 5.74) is 3.06. The number of carbonyl (C=O) groups excluding carboxylic acids is 1. The number of hydrogen-bond donors (Lipinski definition) is 1. The number of para-hydroxylation sites is 1. The molecule has 1 N–H and O–H groups in total. The highest BCUT2D eigenvalue weighted by Gasteiger charge is 2.33. The Morgan fingerprint density at radius 3 is 2.46 bits per heavy atom. The van der Waals surface area contributed by atoms with Gasteiger partial charge in [-0.2, -0.15) is 9.40 Å². The van der Waals surface area contributed by atoms with Crippen molar-refractivity contribution in [3.05, 3.63) is 65.9 Å². The molecule has 0 radical (unpaired) electrons. The lowest BCUT2D eigenvalue weighted by atomic mass is 9.97. The maximum Gasteiger partial charge on any atom is 0.243 e. The molecule has 5 rings (SSSR count). The van der Waals surface area contributed by atoms with Gasteiger partial charge in [-0.3, -0.25) is 4.79 Å². The number of anilines is 1. The molecule has 9 heteroatoms. The van der Waals surface area contributed by atoms with Crippen LogP contribution in [0.15, 0.2) is 59.5 Å². The molecule has 35 heavy (non-hydrogen) atoms. The van der Waals surface area contributed by atoms with E-state index in [1.165, 1.54) is 4.31 Å². The Labute approximate surface area is 206 Å². The number of aryl methyl sites for hydroxylation is 1. The van der Waals surface area contributed by atoms with Crippen LogP contribution in [0, 0.1) is 5.92 Å². The topological polar surface area (TPSA) is 93.5 Å². The van der Waals surface area contributed by atoms with E-state index in [1.54, 1.807) is 24.3 Å². The summed E-state index contributed by atoms with van der Waals surface area (Å²) in [7, 11) is -3.61. The second-order valence-corrected chi connectivity index (χ2v) is 10.9. The number of fused-ring (bicyclic) bond motifs is 1. The van der Waals surface area contributed by atoms with Crippen LogP contribution in [-0.2, 0) is 27.7 Å². The molecule has 8 nitrogen and oxygen atoms in total. The average molecular weight is 495 g/mol. The number of nitrogens with zero attached hydrogens (tertiary/aromatic N) is 3. The molecular formula is C26H30N4O4S. The van der Waals surface area contributed by atoms with Crippen molar-refractivity contribution in [1.29, 1.82) is 0 Å². The number of ether oxygens (including phenoxy) is 1. The number of sulfonamides is 1. The normalized spacial score (nSPS) is 16.7. The monoisotopic (exact) mass is 494 g/mol. The smallest absolute Gasteiger partial charge is 0.243 e. The lowest BCUT2D eigenvalue weighted by Crippen LogP contribution is -2.41. The minimum atomic E-state index is -3.61. The van der Waals surface area contributed by atoms with Crippen LogP contribution in [-0.4, -0.2) is 48.1 Å². The van der Waals surface area contributed by atoms with Crippen LogP contribution < -0.4 is 10.1 Å². The number of nitrogens with one attached hydrogen (secondary N) is 1. The Morgan fingerprint density at radius 2 is 1.77 bits per heavy atom. The first-order chi connectivity index (χ1) is 17.0. The summed E-state index contributed by atoms with van der Waals surface area (Å²) in [6.45, 7) is 3.03. The highest BCUT2D eigenvalue weighted by atomic mass is 32.2. The van der Waals surface area contributed by atoms with Crippen molar-refractivity contribution in [1.82, 2.24) is 14.1 Å². The molecule has 0 atom stereocenters. The van der Waals surface area contributed by atoms with Gasteiger partial charge in [0.15, 0.2) is 0 Å². The van der Waals surface area contributed by atoms with Crippen LogP contribution in [0.4, 0.5) is 5.82 Å². The molecule has 2 aromatic carbocycles. The Kier molecular flexibility index (Phi) is 6.62. The third kappa shape index (κ3) is 4.70. The van der Waals surface area contributed by atoms with Gasteiger partial charge >= 0.3 is 0 Å². The number of carbonyl (C=O) groups is 1. The SMILES string of the molecule is CCOc1ccc(S(=O)(=O)N2CCC(C(=O)Nc3c4c(nn3-c3ccccc3)CCC4)CC2)cc1. The summed E-state index contributed by atoms with van der Waals surface area (Å²) in [4.78, 5) is 13.5. The van der Waals surface area contributed by atoms with Gasteiger partial charge in [0.25, 0.3) is 0 Å². The quantitative estimate of drug-likeness (QED) is 0.539. The number of aromatic nitrogens is 2. The number of piperidine rings is 1. The molecule has 184 valence electrons. The van der Waals surface area contributed by atoms with E-state index in [2.05, 4.69) is 5.32 Å². The number of amides is 1. The van der Waals surface area contributed by atoms with E-state index in [9.17, 15) is 13.2 Å². The zero-order valence-corrected chi connectivity index (χ0v) is 20.6. The zero-order chi connectivity index (χ0) is 24.4. The van der Waals surface area contributed by atoms with Crippen LogP contribution in [0.1, 0.15) is 37.4 Å². The predicted molar refractivity (Wildman–Crippen MR) is 133 cm³/mol. The maximum absolute atomic E-state index is 13.2. The number of benzene rings is 2. The van der Waals surface area contributed by atoms with Crippen LogP contribution in [0.25, 0.3) is 5.69 Å². The van der Waals surface area contributed by atoms with Gasteiger partial charge in [-0.25, -0.2) is 13.1 Å². The van der Waals surface area contributed by atoms with Gasteiger partial charge in [0.1, 0.15) is 11.6 Å². The van der Waals surface area contributed by atoms with Crippen molar-refractivity contribution in [2.24, 2.45) is 5.92 Å². The molecule has 1 aliphatic carbocycles. The number of rotatable bonds is 7. The molecule has 1 aliphatic heterocycles. The van der Waals surface area contributed by atoms with E-state index in [4.69, 9.17) is 9.84 Å². The third-order valence-corrected chi connectivity index (χ3v) is 8.66. The summed E-state index contributed by atoms with van der Waals surface area (Å²) >= 11 is 0. The van der Waals surface area contributed by atoms with Crippen molar-refractivity contribution in [3.63, 3.8) is 0 Å². The minimum Gasteiger partial charge on any atom is -0.494 e. The lowest BCUT2D eigenvalue weighted by Gasteiger charge is -2.30. The Balaban J connectivity index is 1.27. The van der Waals surface area contributed by atoms with Crippen molar-refractivity contribution < 1.29 is 17.9 Å². The molecule has 1 aromatic heterocycles. The summed E-state index contributed by atoms with van der Waals surface area (Å²) in [6, 6.07) is 16.3. The largest absolute Gasteiger partial charge is 0.494 e. The second-order valence-electron chi connectivity index (χ2n) is 8.95. The van der Waals surface area contributed by atoms with Gasteiger partial charge in [0.2, 0.25) is 15.9 Å². The molecule has 1 amide bonds. The standard InChI is InChI=1S/C26H30N4O4S/c1-2-34-21-11-13-22(14-12-21)35(32,33)29-17-15-19(16-18-29)26(31)27-25-23-9-6-10-24(23)28-30(25)20-7-4-3-5-8-20/h3-5,7-8,11-14,19H,2,6,9-10,15-18H2,1H3,(H,27,31). The van der Waals surface area contributed by atoms with Crippen molar-refractivity contribution in [3.8, 4) is 11.4 Å². The van der Waals surface area contributed by atoms with Gasteiger partial charge in [0.05, 0.1) is 22.9 Å². The predicted octanol–water partition coefficient (Wildman–Crippen LogP) is 3.80. The van der Waals surface area contributed by atoms with E-state index >= 15 is 0 Å². The van der Waals surface area contributed by atoms with Crippen LogP contribution in [0.5, 0.6) is 5.75 Å². The van der Waals surface area contributed by atoms with E-state index in [0.29, 0.717) is 38.3 Å². The van der Waals surface area contributed by atoms with Gasteiger partial charge in [-0.1, -0.05) is 18.2 Å². The molecule has 1 fully saturated rings. The van der Waals surface area contributed by atoms with E-state index in [-0.39, 0.29) is 16.7 Å². The summed E-state index contributed by atoms with van der Waals surface area (Å²) in [6.07, 6.45) is 3.81. The van der Waals surface area contributed by atoms with Crippen LogP contribution in [0.2, 0.25) is 0 Å². The minimum absolute atomic E-state index is 0.0742. The third-order valence-electron chi connectivity index (χ3n) is 6.75. The lowest BCUT2D eigenvalue weighted by molar-refractivity contribution is -0.121. The first kappa shape index (κ1) is 23.6. The molecule has 3 aromatic rings. The Morgan fingerprint density at radius 1 is 1.06 bits per heavy atom. The Bertz CT molecular complexity index is 1300. The number of hydrogen-bond acceptors (Lipinski definition) is 5. The first-order valence-electron chi connectivity index (χ1n) is 12.2. The molecule has 0 bridgehead atoms. The van der Waals surface area contributed by atoms with E-state index in [0.717, 1.165) is 42.0 Å². The maximum atomic E-state index is 13.2. The molecule has 0 saturated carbocycles. The molecular weight excluding hydrogens is 464 g/mol. The highest BCUT2D eigenvalue weighted by Crippen LogP contribution is 2.32. The fourth-order valence-corrected chi connectivity index (χ4v) is 6.35. The van der Waals surface area contributed by atoms with Gasteiger partial charge in [-0.15, -0.1) is 0 Å². The van der Waals surface area contributed by atoms with Gasteiger partial charge < -0.3 is 10.1 Å². The van der Waals surface area contributed by atoms with Crippen molar-refractivity contribution in [2.75, 3.05) is 25.0 Å². The fourth-order valence-electron chi connectivity index (χ4n) is 4.88. The van der Waals surface area contributed by atoms with E-state index in [1.807, 2.05) is 41.9 Å².